The summed E-state index contributed by atoms with van der Waals surface area (Å²) in [6.07, 6.45) is 0.934. The highest BCUT2D eigenvalue weighted by atomic mass is 79.9. The molecule has 20 heavy (non-hydrogen) atoms. The van der Waals surface area contributed by atoms with Gasteiger partial charge in [0.1, 0.15) is 0 Å². The molecule has 0 radical (unpaired) electrons. The number of carboxylic acid groups (broad SMARTS) is 1. The summed E-state index contributed by atoms with van der Waals surface area (Å²) < 4.78 is 0.538. The van der Waals surface area contributed by atoms with Crippen LogP contribution in [-0.2, 0) is 0 Å². The number of carbonyl (C=O) groups excluding carboxylic acids is 1. The summed E-state index contributed by atoms with van der Waals surface area (Å²) >= 11 is 3.25. The highest BCUT2D eigenvalue weighted by Crippen LogP contribution is 2.23. The molecule has 2 rings (SSSR count). The van der Waals surface area contributed by atoms with Crippen LogP contribution in [0, 0.1) is 0 Å². The number of likely N-dealkylation sites (tertiary alicyclic amines) is 1. The van der Waals surface area contributed by atoms with Crippen LogP contribution in [0.15, 0.2) is 22.7 Å². The van der Waals surface area contributed by atoms with E-state index in [1.54, 1.807) is 6.07 Å². The highest BCUT2D eigenvalue weighted by molar-refractivity contribution is 9.10. The summed E-state index contributed by atoms with van der Waals surface area (Å²) in [7, 11) is 2.01. The van der Waals surface area contributed by atoms with Gasteiger partial charge in [0.15, 0.2) is 0 Å². The summed E-state index contributed by atoms with van der Waals surface area (Å²) in [5, 5.41) is 14.5. The predicted molar refractivity (Wildman–Crippen MR) is 79.2 cm³/mol. The van der Waals surface area contributed by atoms with Crippen molar-refractivity contribution >= 4 is 33.6 Å². The largest absolute Gasteiger partial charge is 0.478 e. The topological polar surface area (TPSA) is 81.7 Å². The molecule has 0 spiro atoms. The molecule has 1 heterocycles. The first-order valence-corrected chi connectivity index (χ1v) is 7.04. The van der Waals surface area contributed by atoms with Crippen molar-refractivity contribution in [3.8, 4) is 0 Å². The third-order valence-corrected chi connectivity index (χ3v) is 3.85. The van der Waals surface area contributed by atoms with Crippen LogP contribution >= 0.6 is 15.9 Å². The summed E-state index contributed by atoms with van der Waals surface area (Å²) in [5.74, 6) is -1.00. The smallest absolute Gasteiger partial charge is 0.335 e. The van der Waals surface area contributed by atoms with Crippen molar-refractivity contribution in [1.82, 2.24) is 10.2 Å². The van der Waals surface area contributed by atoms with Crippen molar-refractivity contribution in [3.63, 3.8) is 0 Å². The van der Waals surface area contributed by atoms with Gasteiger partial charge in [-0.3, -0.25) is 0 Å². The van der Waals surface area contributed by atoms with E-state index in [9.17, 15) is 9.59 Å². The van der Waals surface area contributed by atoms with E-state index in [0.717, 1.165) is 19.5 Å². The minimum Gasteiger partial charge on any atom is -0.478 e. The number of nitrogens with zero attached hydrogens (tertiary/aromatic N) is 1. The van der Waals surface area contributed by atoms with Crippen LogP contribution in [0.2, 0.25) is 0 Å². The third kappa shape index (κ3) is 3.71. The van der Waals surface area contributed by atoms with Crippen molar-refractivity contribution in [1.29, 1.82) is 0 Å². The fourth-order valence-electron chi connectivity index (χ4n) is 2.15. The van der Waals surface area contributed by atoms with Crippen molar-refractivity contribution in [2.24, 2.45) is 0 Å². The van der Waals surface area contributed by atoms with Gasteiger partial charge in [0.2, 0.25) is 0 Å². The number of anilines is 1. The fourth-order valence-corrected chi connectivity index (χ4v) is 2.62. The zero-order chi connectivity index (χ0) is 14.7. The summed E-state index contributed by atoms with van der Waals surface area (Å²) in [5.41, 5.74) is 0.708. The van der Waals surface area contributed by atoms with E-state index in [2.05, 4.69) is 31.5 Å². The van der Waals surface area contributed by atoms with Crippen LogP contribution < -0.4 is 10.6 Å². The maximum absolute atomic E-state index is 11.9. The predicted octanol–water partition coefficient (Wildman–Crippen LogP) is 1.97. The lowest BCUT2D eigenvalue weighted by atomic mass is 10.2. The Morgan fingerprint density at radius 2 is 2.20 bits per heavy atom. The van der Waals surface area contributed by atoms with Crippen LogP contribution in [0.4, 0.5) is 10.5 Å². The lowest BCUT2D eigenvalue weighted by Gasteiger charge is -2.14. The molecule has 0 aliphatic carbocycles. The first-order valence-electron chi connectivity index (χ1n) is 6.24. The number of aromatic carboxylic acids is 1. The minimum absolute atomic E-state index is 0.150. The summed E-state index contributed by atoms with van der Waals surface area (Å²) in [4.78, 5) is 24.8. The number of benzene rings is 1. The highest BCUT2D eigenvalue weighted by Gasteiger charge is 2.21. The molecule has 2 amide bonds. The molecule has 1 aliphatic rings. The number of hydrogen-bond donors (Lipinski definition) is 3. The monoisotopic (exact) mass is 341 g/mol. The summed E-state index contributed by atoms with van der Waals surface area (Å²) in [6.45, 7) is 1.81. The van der Waals surface area contributed by atoms with Gasteiger partial charge >= 0.3 is 12.0 Å². The number of rotatable bonds is 3. The number of halogens is 1. The molecule has 6 nitrogen and oxygen atoms in total. The van der Waals surface area contributed by atoms with Crippen LogP contribution in [-0.4, -0.2) is 48.2 Å². The van der Waals surface area contributed by atoms with Crippen LogP contribution in [0.5, 0.6) is 0 Å². The molecule has 1 saturated heterocycles. The molecule has 108 valence electrons. The molecular weight excluding hydrogens is 326 g/mol. The molecule has 1 unspecified atom stereocenters. The molecule has 0 saturated carbocycles. The van der Waals surface area contributed by atoms with Gasteiger partial charge in [-0.2, -0.15) is 0 Å². The normalized spacial score (nSPS) is 18.8. The van der Waals surface area contributed by atoms with Crippen LogP contribution in [0.25, 0.3) is 0 Å². The second kappa shape index (κ2) is 6.23. The Kier molecular flexibility index (Phi) is 4.61. The molecule has 1 aromatic carbocycles. The van der Waals surface area contributed by atoms with Crippen molar-refractivity contribution in [3.05, 3.63) is 28.2 Å². The van der Waals surface area contributed by atoms with Crippen molar-refractivity contribution in [2.45, 2.75) is 12.5 Å². The van der Waals surface area contributed by atoms with Crippen molar-refractivity contribution in [2.75, 3.05) is 25.5 Å². The molecule has 0 aromatic heterocycles. The van der Waals surface area contributed by atoms with Crippen LogP contribution in [0.1, 0.15) is 16.8 Å². The quantitative estimate of drug-likeness (QED) is 0.785. The van der Waals surface area contributed by atoms with E-state index in [-0.39, 0.29) is 17.6 Å². The van der Waals surface area contributed by atoms with Gasteiger partial charge in [-0.25, -0.2) is 9.59 Å². The average molecular weight is 342 g/mol. The van der Waals surface area contributed by atoms with Gasteiger partial charge in [0, 0.05) is 17.1 Å². The van der Waals surface area contributed by atoms with E-state index >= 15 is 0 Å². The molecular formula is C13H16BrN3O3. The van der Waals surface area contributed by atoms with Gasteiger partial charge < -0.3 is 20.6 Å². The van der Waals surface area contributed by atoms with E-state index in [0.29, 0.717) is 10.2 Å². The Morgan fingerprint density at radius 3 is 2.75 bits per heavy atom. The lowest BCUT2D eigenvalue weighted by Crippen LogP contribution is -2.39. The van der Waals surface area contributed by atoms with E-state index in [1.165, 1.54) is 12.1 Å². The number of hydrogen-bond acceptors (Lipinski definition) is 3. The average Bonchev–Trinajstić information content (AvgIpc) is 2.77. The van der Waals surface area contributed by atoms with E-state index < -0.39 is 5.97 Å². The van der Waals surface area contributed by atoms with Gasteiger partial charge in [0.25, 0.3) is 0 Å². The van der Waals surface area contributed by atoms with Gasteiger partial charge in [0.05, 0.1) is 11.3 Å². The standard InChI is InChI=1S/C13H16BrN3O3/c1-17-5-4-9(7-17)15-13(20)16-11-3-2-8(12(18)19)6-10(11)14/h2-3,6,9H,4-5,7H2,1H3,(H,18,19)(H2,15,16,20). The Balaban J connectivity index is 1.95. The molecule has 7 heteroatoms. The number of urea groups is 1. The molecule has 3 N–H and O–H groups in total. The van der Waals surface area contributed by atoms with Gasteiger partial charge in [-0.1, -0.05) is 0 Å². The number of carboxylic acids is 1. The maximum atomic E-state index is 11.9. The zero-order valence-electron chi connectivity index (χ0n) is 11.0. The van der Waals surface area contributed by atoms with Gasteiger partial charge in [-0.05, 0) is 54.1 Å². The Labute approximate surface area is 125 Å². The maximum Gasteiger partial charge on any atom is 0.335 e. The minimum atomic E-state index is -1.00. The third-order valence-electron chi connectivity index (χ3n) is 3.19. The first kappa shape index (κ1) is 14.8. The molecule has 1 aliphatic heterocycles. The van der Waals surface area contributed by atoms with Crippen LogP contribution in [0.3, 0.4) is 0 Å². The SMILES string of the molecule is CN1CCC(NC(=O)Nc2ccc(C(=O)O)cc2Br)C1. The fraction of sp³-hybridized carbons (Fsp3) is 0.385. The van der Waals surface area contributed by atoms with E-state index in [4.69, 9.17) is 5.11 Å². The Hall–Kier alpha value is -1.60. The Bertz CT molecular complexity index is 536. The lowest BCUT2D eigenvalue weighted by molar-refractivity contribution is 0.0697. The number of nitrogens with one attached hydrogen (secondary N) is 2. The summed E-state index contributed by atoms with van der Waals surface area (Å²) in [6, 6.07) is 4.34. The zero-order valence-corrected chi connectivity index (χ0v) is 12.6. The van der Waals surface area contributed by atoms with Crippen molar-refractivity contribution < 1.29 is 14.7 Å². The van der Waals surface area contributed by atoms with Gasteiger partial charge in [-0.15, -0.1) is 0 Å². The second-order valence-corrected chi connectivity index (χ2v) is 5.70. The molecule has 0 bridgehead atoms. The number of likely N-dealkylation sites (N-methyl/N-ethyl adjacent to an activating group) is 1. The number of carbonyl (C=O) groups is 2. The number of amides is 2. The second-order valence-electron chi connectivity index (χ2n) is 4.85. The molecule has 1 aromatic rings. The molecule has 1 fully saturated rings. The Morgan fingerprint density at radius 1 is 1.45 bits per heavy atom. The molecule has 1 atom stereocenters. The van der Waals surface area contributed by atoms with E-state index in [1.807, 2.05) is 7.05 Å². The first-order chi connectivity index (χ1) is 9.45.